The van der Waals surface area contributed by atoms with Gasteiger partial charge < -0.3 is 15.4 Å². The number of carbonyl (C=O) groups is 2. The van der Waals surface area contributed by atoms with Crippen LogP contribution in [-0.2, 0) is 14.3 Å². The van der Waals surface area contributed by atoms with Crippen LogP contribution in [0.5, 0.6) is 0 Å². The first-order chi connectivity index (χ1) is 9.75. The predicted octanol–water partition coefficient (Wildman–Crippen LogP) is 1.37. The van der Waals surface area contributed by atoms with Gasteiger partial charge in [-0.3, -0.25) is 9.59 Å². The van der Waals surface area contributed by atoms with Crippen LogP contribution in [0, 0.1) is 5.92 Å². The summed E-state index contributed by atoms with van der Waals surface area (Å²) < 4.78 is 5.40. The average molecular weight is 282 g/mol. The summed E-state index contributed by atoms with van der Waals surface area (Å²) in [5.41, 5.74) is 0. The van der Waals surface area contributed by atoms with E-state index in [1.54, 1.807) is 0 Å². The summed E-state index contributed by atoms with van der Waals surface area (Å²) in [7, 11) is 0. The fraction of sp³-hybridized carbons (Fsp3) is 0.867. The maximum atomic E-state index is 11.6. The van der Waals surface area contributed by atoms with Crippen molar-refractivity contribution in [3.8, 4) is 0 Å². The Kier molecular flexibility index (Phi) is 6.30. The van der Waals surface area contributed by atoms with Crippen LogP contribution in [-0.4, -0.2) is 37.6 Å². The summed E-state index contributed by atoms with van der Waals surface area (Å²) in [5, 5.41) is 5.35. The smallest absolute Gasteiger partial charge is 0.309 e. The van der Waals surface area contributed by atoms with E-state index in [9.17, 15) is 9.59 Å². The lowest BCUT2D eigenvalue weighted by molar-refractivity contribution is -0.139. The first kappa shape index (κ1) is 15.3. The second-order valence-electron chi connectivity index (χ2n) is 5.89. The third-order valence-corrected chi connectivity index (χ3v) is 4.28. The summed E-state index contributed by atoms with van der Waals surface area (Å²) in [6.07, 6.45) is 9.55. The minimum atomic E-state index is -0.538. The Labute approximate surface area is 120 Å². The summed E-state index contributed by atoms with van der Waals surface area (Å²) >= 11 is 0. The fourth-order valence-electron chi connectivity index (χ4n) is 3.04. The second-order valence-corrected chi connectivity index (χ2v) is 5.89. The lowest BCUT2D eigenvalue weighted by atomic mass is 9.87. The van der Waals surface area contributed by atoms with Gasteiger partial charge in [0.05, 0.1) is 6.10 Å². The molecule has 0 aromatic heterocycles. The molecule has 0 unspecified atom stereocenters. The van der Waals surface area contributed by atoms with Crippen molar-refractivity contribution in [1.29, 1.82) is 0 Å². The van der Waals surface area contributed by atoms with Gasteiger partial charge in [-0.1, -0.05) is 32.1 Å². The number of ether oxygens (including phenoxy) is 1. The van der Waals surface area contributed by atoms with Gasteiger partial charge >= 0.3 is 11.8 Å². The number of amides is 2. The second kappa shape index (κ2) is 8.25. The molecule has 1 heterocycles. The molecule has 20 heavy (non-hydrogen) atoms. The highest BCUT2D eigenvalue weighted by Gasteiger charge is 2.19. The van der Waals surface area contributed by atoms with E-state index in [2.05, 4.69) is 10.6 Å². The quantitative estimate of drug-likeness (QED) is 0.748. The fourth-order valence-corrected chi connectivity index (χ4v) is 3.04. The van der Waals surface area contributed by atoms with Crippen molar-refractivity contribution in [2.45, 2.75) is 57.5 Å². The summed E-state index contributed by atoms with van der Waals surface area (Å²) in [4.78, 5) is 23.2. The van der Waals surface area contributed by atoms with Crippen molar-refractivity contribution in [3.05, 3.63) is 0 Å². The van der Waals surface area contributed by atoms with Crippen molar-refractivity contribution in [2.24, 2.45) is 5.92 Å². The lowest BCUT2D eigenvalue weighted by Gasteiger charge is -2.21. The summed E-state index contributed by atoms with van der Waals surface area (Å²) in [6, 6.07) is 0. The lowest BCUT2D eigenvalue weighted by Crippen LogP contribution is -2.43. The van der Waals surface area contributed by atoms with Gasteiger partial charge in [-0.15, -0.1) is 0 Å². The first-order valence-corrected chi connectivity index (χ1v) is 7.93. The SMILES string of the molecule is O=C(NCCC1CCCCC1)C(=O)NC[C@@H]1CCCO1. The summed E-state index contributed by atoms with van der Waals surface area (Å²) in [6.45, 7) is 1.81. The highest BCUT2D eigenvalue weighted by molar-refractivity contribution is 6.35. The van der Waals surface area contributed by atoms with Gasteiger partial charge in [0.25, 0.3) is 0 Å². The van der Waals surface area contributed by atoms with Crippen LogP contribution in [0.3, 0.4) is 0 Å². The van der Waals surface area contributed by atoms with Crippen LogP contribution < -0.4 is 10.6 Å². The molecule has 5 nitrogen and oxygen atoms in total. The van der Waals surface area contributed by atoms with Gasteiger partial charge in [-0.05, 0) is 25.2 Å². The van der Waals surface area contributed by atoms with Crippen LogP contribution in [0.1, 0.15) is 51.4 Å². The zero-order valence-corrected chi connectivity index (χ0v) is 12.2. The van der Waals surface area contributed by atoms with E-state index >= 15 is 0 Å². The van der Waals surface area contributed by atoms with Gasteiger partial charge in [0.1, 0.15) is 0 Å². The first-order valence-electron chi connectivity index (χ1n) is 7.93. The van der Waals surface area contributed by atoms with E-state index in [1.807, 2.05) is 0 Å². The van der Waals surface area contributed by atoms with Crippen LogP contribution >= 0.6 is 0 Å². The van der Waals surface area contributed by atoms with E-state index in [-0.39, 0.29) is 6.10 Å². The molecule has 0 radical (unpaired) electrons. The maximum Gasteiger partial charge on any atom is 0.309 e. The third-order valence-electron chi connectivity index (χ3n) is 4.28. The summed E-state index contributed by atoms with van der Waals surface area (Å²) in [5.74, 6) is -0.332. The molecule has 1 atom stereocenters. The molecule has 2 amide bonds. The standard InChI is InChI=1S/C15H26N2O3/c18-14(15(19)17-11-13-7-4-10-20-13)16-9-8-12-5-2-1-3-6-12/h12-13H,1-11H2,(H,16,18)(H,17,19)/t13-/m0/s1. The number of hydrogen-bond donors (Lipinski definition) is 2. The molecule has 0 aromatic carbocycles. The zero-order chi connectivity index (χ0) is 14.2. The molecule has 1 aliphatic heterocycles. The Morgan fingerprint density at radius 3 is 2.40 bits per heavy atom. The number of hydrogen-bond acceptors (Lipinski definition) is 3. The minimum absolute atomic E-state index is 0.0778. The molecular formula is C15H26N2O3. The van der Waals surface area contributed by atoms with E-state index in [0.29, 0.717) is 13.1 Å². The Hall–Kier alpha value is -1.10. The zero-order valence-electron chi connectivity index (χ0n) is 12.2. The molecule has 1 saturated heterocycles. The van der Waals surface area contributed by atoms with Crippen molar-refractivity contribution in [3.63, 3.8) is 0 Å². The van der Waals surface area contributed by atoms with Gasteiger partial charge in [0, 0.05) is 19.7 Å². The largest absolute Gasteiger partial charge is 0.376 e. The topological polar surface area (TPSA) is 67.4 Å². The van der Waals surface area contributed by atoms with Crippen molar-refractivity contribution >= 4 is 11.8 Å². The number of carbonyl (C=O) groups excluding carboxylic acids is 2. The average Bonchev–Trinajstić information content (AvgIpc) is 2.99. The van der Waals surface area contributed by atoms with Crippen LogP contribution in [0.15, 0.2) is 0 Å². The van der Waals surface area contributed by atoms with E-state index in [1.165, 1.54) is 32.1 Å². The predicted molar refractivity (Wildman–Crippen MR) is 76.2 cm³/mol. The Morgan fingerprint density at radius 2 is 1.70 bits per heavy atom. The molecule has 0 bridgehead atoms. The Balaban J connectivity index is 1.54. The van der Waals surface area contributed by atoms with Crippen LogP contribution in [0.2, 0.25) is 0 Å². The molecule has 0 spiro atoms. The number of nitrogens with one attached hydrogen (secondary N) is 2. The van der Waals surface area contributed by atoms with Crippen molar-refractivity contribution in [2.75, 3.05) is 19.7 Å². The van der Waals surface area contributed by atoms with E-state index < -0.39 is 11.8 Å². The van der Waals surface area contributed by atoms with Gasteiger partial charge in [-0.25, -0.2) is 0 Å². The molecule has 2 N–H and O–H groups in total. The molecule has 114 valence electrons. The van der Waals surface area contributed by atoms with Crippen molar-refractivity contribution in [1.82, 2.24) is 10.6 Å². The van der Waals surface area contributed by atoms with Gasteiger partial charge in [0.15, 0.2) is 0 Å². The highest BCUT2D eigenvalue weighted by Crippen LogP contribution is 2.25. The molecule has 0 aromatic rings. The number of rotatable bonds is 5. The monoisotopic (exact) mass is 282 g/mol. The molecule has 1 saturated carbocycles. The van der Waals surface area contributed by atoms with Crippen LogP contribution in [0.4, 0.5) is 0 Å². The minimum Gasteiger partial charge on any atom is -0.376 e. The molecule has 2 aliphatic rings. The van der Waals surface area contributed by atoms with Gasteiger partial charge in [0.2, 0.25) is 0 Å². The van der Waals surface area contributed by atoms with E-state index in [0.717, 1.165) is 31.8 Å². The van der Waals surface area contributed by atoms with Crippen molar-refractivity contribution < 1.29 is 14.3 Å². The van der Waals surface area contributed by atoms with Crippen LogP contribution in [0.25, 0.3) is 0 Å². The Bertz CT molecular complexity index is 321. The molecule has 1 aliphatic carbocycles. The highest BCUT2D eigenvalue weighted by atomic mass is 16.5. The normalized spacial score (nSPS) is 23.5. The molecule has 2 rings (SSSR count). The molecular weight excluding hydrogens is 256 g/mol. The maximum absolute atomic E-state index is 11.6. The third kappa shape index (κ3) is 5.12. The molecule has 5 heteroatoms. The molecule has 2 fully saturated rings. The Morgan fingerprint density at radius 1 is 0.950 bits per heavy atom. The van der Waals surface area contributed by atoms with E-state index in [4.69, 9.17) is 4.74 Å². The van der Waals surface area contributed by atoms with Gasteiger partial charge in [-0.2, -0.15) is 0 Å².